The van der Waals surface area contributed by atoms with Gasteiger partial charge in [0.05, 0.1) is 0 Å². The fourth-order valence-electron chi connectivity index (χ4n) is 0.466. The van der Waals surface area contributed by atoms with E-state index in [4.69, 9.17) is 0 Å². The van der Waals surface area contributed by atoms with Crippen LogP contribution in [-0.4, -0.2) is 11.0 Å². The standard InChI is InChI=1S/C6H14S2/c1-5(2)6(8)3-4-7/h5-8H,3-4H2,1-2H3/t6-/m0/s1. The summed E-state index contributed by atoms with van der Waals surface area (Å²) in [6.07, 6.45) is 1.11. The molecule has 0 amide bonds. The molecule has 0 nitrogen and oxygen atoms in total. The van der Waals surface area contributed by atoms with Crippen molar-refractivity contribution < 1.29 is 0 Å². The molecule has 2 heteroatoms. The summed E-state index contributed by atoms with van der Waals surface area (Å²) in [4.78, 5) is 0. The van der Waals surface area contributed by atoms with Crippen molar-refractivity contribution >= 4 is 25.3 Å². The van der Waals surface area contributed by atoms with E-state index < -0.39 is 0 Å². The molecule has 0 spiro atoms. The second kappa shape index (κ2) is 4.57. The minimum absolute atomic E-state index is 0.535. The molecule has 0 heterocycles. The Morgan fingerprint density at radius 2 is 1.88 bits per heavy atom. The third-order valence-electron chi connectivity index (χ3n) is 1.19. The quantitative estimate of drug-likeness (QED) is 0.567. The van der Waals surface area contributed by atoms with E-state index in [0.717, 1.165) is 12.2 Å². The molecule has 1 atom stereocenters. The minimum Gasteiger partial charge on any atom is -0.179 e. The van der Waals surface area contributed by atoms with Gasteiger partial charge in [0.1, 0.15) is 0 Å². The maximum Gasteiger partial charge on any atom is 0.00475 e. The average Bonchev–Trinajstić information content (AvgIpc) is 1.67. The lowest BCUT2D eigenvalue weighted by molar-refractivity contribution is 0.600. The van der Waals surface area contributed by atoms with Gasteiger partial charge >= 0.3 is 0 Å². The van der Waals surface area contributed by atoms with Gasteiger partial charge in [-0.05, 0) is 18.1 Å². The number of thiol groups is 2. The molecule has 8 heavy (non-hydrogen) atoms. The highest BCUT2D eigenvalue weighted by Gasteiger charge is 2.04. The normalized spacial score (nSPS) is 14.6. The molecule has 0 bridgehead atoms. The second-order valence-corrected chi connectivity index (χ2v) is 3.43. The molecule has 0 aromatic carbocycles. The average molecular weight is 150 g/mol. The smallest absolute Gasteiger partial charge is 0.00475 e. The molecule has 0 radical (unpaired) electrons. The van der Waals surface area contributed by atoms with Crippen molar-refractivity contribution in [1.29, 1.82) is 0 Å². The fourth-order valence-corrected chi connectivity index (χ4v) is 1.08. The van der Waals surface area contributed by atoms with Gasteiger partial charge in [0.2, 0.25) is 0 Å². The molecular formula is C6H14S2. The van der Waals surface area contributed by atoms with E-state index in [1.807, 2.05) is 0 Å². The van der Waals surface area contributed by atoms with Gasteiger partial charge in [-0.3, -0.25) is 0 Å². The molecule has 0 fully saturated rings. The zero-order chi connectivity index (χ0) is 6.57. The number of hydrogen-bond donors (Lipinski definition) is 2. The lowest BCUT2D eigenvalue weighted by Gasteiger charge is -2.11. The van der Waals surface area contributed by atoms with Crippen LogP contribution in [0.2, 0.25) is 0 Å². The van der Waals surface area contributed by atoms with Crippen LogP contribution in [0.4, 0.5) is 0 Å². The third-order valence-corrected chi connectivity index (χ3v) is 2.31. The molecule has 0 aromatic heterocycles. The van der Waals surface area contributed by atoms with Crippen LogP contribution in [-0.2, 0) is 0 Å². The van der Waals surface area contributed by atoms with Crippen molar-refractivity contribution in [1.82, 2.24) is 0 Å². The summed E-state index contributed by atoms with van der Waals surface area (Å²) in [7, 11) is 0. The Morgan fingerprint density at radius 3 is 2.00 bits per heavy atom. The van der Waals surface area contributed by atoms with Crippen LogP contribution in [0.1, 0.15) is 20.3 Å². The largest absolute Gasteiger partial charge is 0.179 e. The van der Waals surface area contributed by atoms with Crippen LogP contribution in [0.5, 0.6) is 0 Å². The first kappa shape index (κ1) is 8.70. The SMILES string of the molecule is CC(C)[C@@H](S)CCS. The Hall–Kier alpha value is 0.700. The molecule has 0 aromatic rings. The van der Waals surface area contributed by atoms with Gasteiger partial charge in [-0.25, -0.2) is 0 Å². The summed E-state index contributed by atoms with van der Waals surface area (Å²) >= 11 is 8.46. The van der Waals surface area contributed by atoms with Crippen LogP contribution in [0.3, 0.4) is 0 Å². The Labute approximate surface area is 62.9 Å². The van der Waals surface area contributed by atoms with Crippen LogP contribution in [0.25, 0.3) is 0 Å². The van der Waals surface area contributed by atoms with Crippen molar-refractivity contribution in [3.63, 3.8) is 0 Å². The Bertz CT molecular complexity index is 52.5. The number of rotatable bonds is 3. The second-order valence-electron chi connectivity index (χ2n) is 2.32. The molecule has 0 aliphatic carbocycles. The minimum atomic E-state index is 0.535. The first-order chi connectivity index (χ1) is 3.68. The summed E-state index contributed by atoms with van der Waals surface area (Å²) in [5.74, 6) is 1.64. The highest BCUT2D eigenvalue weighted by Crippen LogP contribution is 2.12. The molecule has 0 rings (SSSR count). The van der Waals surface area contributed by atoms with Crippen LogP contribution < -0.4 is 0 Å². The Balaban J connectivity index is 3.17. The lowest BCUT2D eigenvalue weighted by Crippen LogP contribution is -2.07. The van der Waals surface area contributed by atoms with E-state index in [-0.39, 0.29) is 0 Å². The van der Waals surface area contributed by atoms with E-state index in [9.17, 15) is 0 Å². The molecular weight excluding hydrogens is 136 g/mol. The highest BCUT2D eigenvalue weighted by atomic mass is 32.1. The van der Waals surface area contributed by atoms with Crippen molar-refractivity contribution in [2.45, 2.75) is 25.5 Å². The van der Waals surface area contributed by atoms with Gasteiger partial charge in [-0.2, -0.15) is 25.3 Å². The molecule has 50 valence electrons. The monoisotopic (exact) mass is 150 g/mol. The molecule has 0 aliphatic heterocycles. The number of hydrogen-bond acceptors (Lipinski definition) is 2. The summed E-state index contributed by atoms with van der Waals surface area (Å²) in [5.41, 5.74) is 0. The van der Waals surface area contributed by atoms with Gasteiger partial charge in [0.15, 0.2) is 0 Å². The predicted octanol–water partition coefficient (Wildman–Crippen LogP) is 2.26. The van der Waals surface area contributed by atoms with Crippen LogP contribution in [0, 0.1) is 5.92 Å². The van der Waals surface area contributed by atoms with E-state index in [1.165, 1.54) is 0 Å². The third kappa shape index (κ3) is 3.67. The van der Waals surface area contributed by atoms with Gasteiger partial charge in [-0.15, -0.1) is 0 Å². The predicted molar refractivity (Wildman–Crippen MR) is 46.1 cm³/mol. The molecule has 0 saturated carbocycles. The zero-order valence-corrected chi connectivity index (χ0v) is 7.25. The lowest BCUT2D eigenvalue weighted by atomic mass is 10.1. The summed E-state index contributed by atoms with van der Waals surface area (Å²) in [5, 5.41) is 0.535. The van der Waals surface area contributed by atoms with Crippen molar-refractivity contribution in [3.8, 4) is 0 Å². The highest BCUT2D eigenvalue weighted by molar-refractivity contribution is 7.81. The fraction of sp³-hybridized carbons (Fsp3) is 1.00. The summed E-state index contributed by atoms with van der Waals surface area (Å²) < 4.78 is 0. The van der Waals surface area contributed by atoms with E-state index in [0.29, 0.717) is 11.2 Å². The molecule has 0 aliphatic rings. The van der Waals surface area contributed by atoms with Gasteiger partial charge in [-0.1, -0.05) is 13.8 Å². The van der Waals surface area contributed by atoms with Crippen molar-refractivity contribution in [3.05, 3.63) is 0 Å². The maximum atomic E-state index is 4.36. The first-order valence-corrected chi connectivity index (χ1v) is 4.12. The Kier molecular flexibility index (Phi) is 4.97. The van der Waals surface area contributed by atoms with Gasteiger partial charge < -0.3 is 0 Å². The molecule has 0 N–H and O–H groups in total. The molecule has 0 unspecified atom stereocenters. The van der Waals surface area contributed by atoms with Crippen molar-refractivity contribution in [2.24, 2.45) is 5.92 Å². The van der Waals surface area contributed by atoms with E-state index in [1.54, 1.807) is 0 Å². The first-order valence-electron chi connectivity index (χ1n) is 2.97. The summed E-state index contributed by atoms with van der Waals surface area (Å²) in [6.45, 7) is 4.36. The topological polar surface area (TPSA) is 0 Å². The van der Waals surface area contributed by atoms with Crippen LogP contribution in [0.15, 0.2) is 0 Å². The van der Waals surface area contributed by atoms with Gasteiger partial charge in [0, 0.05) is 5.25 Å². The zero-order valence-electron chi connectivity index (χ0n) is 5.46. The van der Waals surface area contributed by atoms with Gasteiger partial charge in [0.25, 0.3) is 0 Å². The Morgan fingerprint density at radius 1 is 1.38 bits per heavy atom. The van der Waals surface area contributed by atoms with Crippen LogP contribution >= 0.6 is 25.3 Å². The van der Waals surface area contributed by atoms with Crippen molar-refractivity contribution in [2.75, 3.05) is 5.75 Å². The maximum absolute atomic E-state index is 4.36. The van der Waals surface area contributed by atoms with E-state index in [2.05, 4.69) is 39.1 Å². The summed E-state index contributed by atoms with van der Waals surface area (Å²) in [6, 6.07) is 0. The molecule has 0 saturated heterocycles. The van der Waals surface area contributed by atoms with E-state index >= 15 is 0 Å².